The zero-order valence-electron chi connectivity index (χ0n) is 29.2. The fourth-order valence-corrected chi connectivity index (χ4v) is 8.29. The van der Waals surface area contributed by atoms with E-state index in [-0.39, 0.29) is 0 Å². The van der Waals surface area contributed by atoms with E-state index in [9.17, 15) is 0 Å². The molecule has 0 amide bonds. The lowest BCUT2D eigenvalue weighted by Gasteiger charge is -2.17. The molecule has 9 aromatic rings. The summed E-state index contributed by atoms with van der Waals surface area (Å²) < 4.78 is 8.12. The highest BCUT2D eigenvalue weighted by atomic mass is 16.5. The molecule has 248 valence electrons. The molecule has 1 atom stereocenters. The lowest BCUT2D eigenvalue weighted by atomic mass is 9.86. The lowest BCUT2D eigenvalue weighted by molar-refractivity contribution is 0.411. The largest absolute Gasteiger partial charge is 0.496 e. The zero-order valence-corrected chi connectivity index (χ0v) is 29.2. The van der Waals surface area contributed by atoms with Gasteiger partial charge < -0.3 is 4.74 Å². The number of para-hydroxylation sites is 3. The van der Waals surface area contributed by atoms with Crippen LogP contribution in [0.3, 0.4) is 0 Å². The Morgan fingerprint density at radius 2 is 1.27 bits per heavy atom. The van der Waals surface area contributed by atoms with Crippen LogP contribution in [0.4, 0.5) is 0 Å². The molecule has 8 aromatic carbocycles. The standard InChI is InChI=1S/C49H36N2O/c1-31-9-8-12-38-39(29-30-46(52-2)41(38)24-15-31)40-26-21-34-22-27-42-37(25-20-33-23-28-43(40)48(34)47(33)42)32-16-18-35(19-17-32)49-50-44-13-6-7-14-45(44)51(49)36-10-4-3-5-11-36/h3-14,16-31H,15H2,1-2H3. The Kier molecular flexibility index (Phi) is 7.07. The Bertz CT molecular complexity index is 2970. The van der Waals surface area contributed by atoms with E-state index in [0.29, 0.717) is 5.92 Å². The first-order valence-corrected chi connectivity index (χ1v) is 18.1. The minimum Gasteiger partial charge on any atom is -0.496 e. The number of rotatable bonds is 5. The molecule has 1 unspecified atom stereocenters. The van der Waals surface area contributed by atoms with Gasteiger partial charge in [0.05, 0.1) is 18.1 Å². The van der Waals surface area contributed by atoms with E-state index in [2.05, 4.69) is 175 Å². The van der Waals surface area contributed by atoms with Gasteiger partial charge in [-0.2, -0.15) is 0 Å². The van der Waals surface area contributed by atoms with Crippen molar-refractivity contribution in [2.24, 2.45) is 5.92 Å². The van der Waals surface area contributed by atoms with Crippen molar-refractivity contribution in [3.05, 3.63) is 162 Å². The summed E-state index contributed by atoms with van der Waals surface area (Å²) in [5, 5.41) is 10.0. The molecule has 1 aliphatic carbocycles. The van der Waals surface area contributed by atoms with Crippen LogP contribution in [0, 0.1) is 5.92 Å². The highest BCUT2D eigenvalue weighted by molar-refractivity contribution is 6.27. The van der Waals surface area contributed by atoms with E-state index in [1.54, 1.807) is 7.11 Å². The van der Waals surface area contributed by atoms with E-state index in [1.165, 1.54) is 65.0 Å². The third-order valence-corrected chi connectivity index (χ3v) is 10.8. The second-order valence-electron chi connectivity index (χ2n) is 13.9. The molecule has 52 heavy (non-hydrogen) atoms. The fraction of sp³-hybridized carbons (Fsp3) is 0.0816. The summed E-state index contributed by atoms with van der Waals surface area (Å²) in [4.78, 5) is 5.10. The molecule has 0 saturated carbocycles. The molecule has 1 aliphatic rings. The summed E-state index contributed by atoms with van der Waals surface area (Å²) in [6.45, 7) is 2.26. The van der Waals surface area contributed by atoms with Crippen LogP contribution in [0.2, 0.25) is 0 Å². The average molecular weight is 669 g/mol. The Labute approximate surface area is 302 Å². The van der Waals surface area contributed by atoms with Gasteiger partial charge in [-0.3, -0.25) is 4.57 Å². The first kappa shape index (κ1) is 30.4. The number of nitrogens with zero attached hydrogens (tertiary/aromatic N) is 2. The minimum absolute atomic E-state index is 0.482. The lowest BCUT2D eigenvalue weighted by Crippen LogP contribution is -2.29. The monoisotopic (exact) mass is 668 g/mol. The third-order valence-electron chi connectivity index (χ3n) is 10.8. The van der Waals surface area contributed by atoms with Crippen LogP contribution in [0.25, 0.3) is 94.8 Å². The SMILES string of the molecule is COc1ccc(-c2ccc3ccc4c(-c5ccc(-c6nc7ccccc7n6-c6ccccc6)cc5)ccc5ccc2c3c54)c2c1=CCC(C)C=CC=2. The molecule has 0 saturated heterocycles. The second kappa shape index (κ2) is 12.1. The Morgan fingerprint density at radius 3 is 2.04 bits per heavy atom. The molecule has 1 aromatic heterocycles. The number of ether oxygens (including phenoxy) is 1. The van der Waals surface area contributed by atoms with Crippen molar-refractivity contribution in [1.82, 2.24) is 9.55 Å². The maximum Gasteiger partial charge on any atom is 0.145 e. The van der Waals surface area contributed by atoms with Crippen molar-refractivity contribution in [2.75, 3.05) is 7.11 Å². The number of methoxy groups -OCH3 is 1. The molecule has 0 N–H and O–H groups in total. The molecular formula is C49H36N2O. The maximum atomic E-state index is 5.86. The number of hydrogen-bond acceptors (Lipinski definition) is 2. The van der Waals surface area contributed by atoms with Gasteiger partial charge in [-0.15, -0.1) is 0 Å². The minimum atomic E-state index is 0.482. The number of aromatic nitrogens is 2. The summed E-state index contributed by atoms with van der Waals surface area (Å²) >= 11 is 0. The van der Waals surface area contributed by atoms with Gasteiger partial charge in [0, 0.05) is 16.5 Å². The summed E-state index contributed by atoms with van der Waals surface area (Å²) in [5.41, 5.74) is 9.15. The van der Waals surface area contributed by atoms with Crippen LogP contribution in [0.15, 0.2) is 152 Å². The second-order valence-corrected chi connectivity index (χ2v) is 13.9. The Balaban J connectivity index is 1.13. The van der Waals surface area contributed by atoms with Crippen molar-refractivity contribution >= 4 is 55.5 Å². The Hall–Kier alpha value is -6.45. The van der Waals surface area contributed by atoms with Crippen molar-refractivity contribution in [2.45, 2.75) is 13.3 Å². The predicted octanol–water partition coefficient (Wildman–Crippen LogP) is 11.1. The molecule has 1 heterocycles. The van der Waals surface area contributed by atoms with E-state index >= 15 is 0 Å². The number of allylic oxidation sites excluding steroid dienone is 2. The highest BCUT2D eigenvalue weighted by Gasteiger charge is 2.18. The number of imidazole rings is 1. The molecule has 0 aliphatic heterocycles. The van der Waals surface area contributed by atoms with Gasteiger partial charge in [0.1, 0.15) is 11.6 Å². The van der Waals surface area contributed by atoms with Gasteiger partial charge in [-0.25, -0.2) is 4.98 Å². The van der Waals surface area contributed by atoms with Crippen molar-refractivity contribution in [3.63, 3.8) is 0 Å². The first-order valence-electron chi connectivity index (χ1n) is 18.1. The number of benzene rings is 8. The van der Waals surface area contributed by atoms with Gasteiger partial charge in [0.25, 0.3) is 0 Å². The van der Waals surface area contributed by atoms with Gasteiger partial charge >= 0.3 is 0 Å². The van der Waals surface area contributed by atoms with Crippen LogP contribution in [0.1, 0.15) is 13.3 Å². The van der Waals surface area contributed by atoms with Crippen LogP contribution < -0.4 is 15.2 Å². The van der Waals surface area contributed by atoms with Crippen LogP contribution in [-0.2, 0) is 0 Å². The summed E-state index contributed by atoms with van der Waals surface area (Å²) in [6.07, 6.45) is 10.1. The van der Waals surface area contributed by atoms with Gasteiger partial charge in [-0.05, 0) is 102 Å². The normalized spacial score (nSPS) is 14.3. The predicted molar refractivity (Wildman–Crippen MR) is 219 cm³/mol. The van der Waals surface area contributed by atoms with Gasteiger partial charge in [-0.1, -0.05) is 140 Å². The summed E-state index contributed by atoms with van der Waals surface area (Å²) in [7, 11) is 1.77. The van der Waals surface area contributed by atoms with Crippen molar-refractivity contribution in [3.8, 4) is 45.1 Å². The quantitative estimate of drug-likeness (QED) is 0.171. The van der Waals surface area contributed by atoms with E-state index < -0.39 is 0 Å². The van der Waals surface area contributed by atoms with Crippen LogP contribution in [0.5, 0.6) is 5.75 Å². The topological polar surface area (TPSA) is 27.1 Å². The summed E-state index contributed by atoms with van der Waals surface area (Å²) in [6, 6.07) is 50.5. The molecule has 3 heteroatoms. The molecule has 0 radical (unpaired) electrons. The molecule has 0 fully saturated rings. The van der Waals surface area contributed by atoms with Crippen molar-refractivity contribution in [1.29, 1.82) is 0 Å². The van der Waals surface area contributed by atoms with E-state index in [1.807, 2.05) is 0 Å². The van der Waals surface area contributed by atoms with E-state index in [0.717, 1.165) is 40.3 Å². The number of fused-ring (bicyclic) bond motifs is 2. The van der Waals surface area contributed by atoms with Gasteiger partial charge in [0.15, 0.2) is 0 Å². The van der Waals surface area contributed by atoms with E-state index in [4.69, 9.17) is 9.72 Å². The van der Waals surface area contributed by atoms with Crippen LogP contribution >= 0.6 is 0 Å². The van der Waals surface area contributed by atoms with Crippen LogP contribution in [-0.4, -0.2) is 16.7 Å². The smallest absolute Gasteiger partial charge is 0.145 e. The number of hydrogen-bond donors (Lipinski definition) is 0. The first-order chi connectivity index (χ1) is 25.7. The molecular weight excluding hydrogens is 633 g/mol. The fourth-order valence-electron chi connectivity index (χ4n) is 8.29. The summed E-state index contributed by atoms with van der Waals surface area (Å²) in [5.74, 6) is 2.34. The molecule has 0 spiro atoms. The molecule has 10 rings (SSSR count). The average Bonchev–Trinajstić information content (AvgIpc) is 3.58. The van der Waals surface area contributed by atoms with Crippen molar-refractivity contribution < 1.29 is 4.74 Å². The Morgan fingerprint density at radius 1 is 0.615 bits per heavy atom. The maximum absolute atomic E-state index is 5.86. The highest BCUT2D eigenvalue weighted by Crippen LogP contribution is 2.42. The van der Waals surface area contributed by atoms with Gasteiger partial charge in [0.2, 0.25) is 0 Å². The zero-order chi connectivity index (χ0) is 34.8. The molecule has 3 nitrogen and oxygen atoms in total. The molecule has 0 bridgehead atoms. The third kappa shape index (κ3) is 4.77.